The second-order valence-corrected chi connectivity index (χ2v) is 12.9. The van der Waals surface area contributed by atoms with E-state index in [0.29, 0.717) is 56.1 Å². The van der Waals surface area contributed by atoms with Crippen LogP contribution in [0.5, 0.6) is 17.2 Å². The normalized spacial score (nSPS) is 17.5. The highest BCUT2D eigenvalue weighted by molar-refractivity contribution is 5.89. The van der Waals surface area contributed by atoms with E-state index < -0.39 is 17.4 Å². The molecule has 0 radical (unpaired) electrons. The quantitative estimate of drug-likeness (QED) is 0.136. The molecule has 0 amide bonds. The van der Waals surface area contributed by atoms with Gasteiger partial charge in [-0.3, -0.25) is 9.59 Å². The topological polar surface area (TPSA) is 119 Å². The maximum atomic E-state index is 12.9. The minimum absolute atomic E-state index is 0.0193. The number of aliphatic carboxylic acids is 1. The summed E-state index contributed by atoms with van der Waals surface area (Å²) in [7, 11) is 0. The van der Waals surface area contributed by atoms with Gasteiger partial charge in [0.1, 0.15) is 29.6 Å². The molecule has 0 bridgehead atoms. The number of hydrogen-bond donors (Lipinski definition) is 2. The first-order chi connectivity index (χ1) is 22.0. The molecule has 1 aliphatic rings. The zero-order valence-electron chi connectivity index (χ0n) is 27.1. The van der Waals surface area contributed by atoms with Crippen molar-refractivity contribution in [3.63, 3.8) is 0 Å². The number of ether oxygens (including phenoxy) is 3. The molecule has 0 spiro atoms. The highest BCUT2D eigenvalue weighted by atomic mass is 16.5. The van der Waals surface area contributed by atoms with E-state index in [9.17, 15) is 24.6 Å². The van der Waals surface area contributed by atoms with Crippen LogP contribution in [0.3, 0.4) is 0 Å². The van der Waals surface area contributed by atoms with Crippen molar-refractivity contribution < 1.29 is 38.8 Å². The Kier molecular flexibility index (Phi) is 12.2. The van der Waals surface area contributed by atoms with Crippen molar-refractivity contribution in [3.05, 3.63) is 89.0 Å². The SMILES string of the molecule is CC(C)Oc1ccc(COc2ccc(CCCOc3ccc(C(=O)O)cc3CC(=O)CCCC3CC[C@](C)(C(=O)O)C3)cc2)cc1. The Hall–Kier alpha value is -4.33. The number of carboxylic acid groups (broad SMARTS) is 2. The van der Waals surface area contributed by atoms with Crippen LogP contribution in [-0.4, -0.2) is 40.6 Å². The number of ketones is 1. The number of benzene rings is 3. The van der Waals surface area contributed by atoms with E-state index in [-0.39, 0.29) is 23.9 Å². The van der Waals surface area contributed by atoms with Gasteiger partial charge in [-0.2, -0.15) is 0 Å². The van der Waals surface area contributed by atoms with Gasteiger partial charge in [0.25, 0.3) is 0 Å². The van der Waals surface area contributed by atoms with Gasteiger partial charge in [0.2, 0.25) is 0 Å². The lowest BCUT2D eigenvalue weighted by Crippen LogP contribution is -2.24. The van der Waals surface area contributed by atoms with E-state index >= 15 is 0 Å². The second kappa shape index (κ2) is 16.3. The molecule has 46 heavy (non-hydrogen) atoms. The summed E-state index contributed by atoms with van der Waals surface area (Å²) in [6, 6.07) is 20.5. The molecule has 4 rings (SSSR count). The molecule has 8 nitrogen and oxygen atoms in total. The highest BCUT2D eigenvalue weighted by Gasteiger charge is 2.40. The molecule has 3 aromatic rings. The molecule has 1 unspecified atom stereocenters. The first-order valence-electron chi connectivity index (χ1n) is 16.2. The van der Waals surface area contributed by atoms with Gasteiger partial charge in [-0.25, -0.2) is 4.79 Å². The van der Waals surface area contributed by atoms with Gasteiger partial charge in [-0.05, 0) is 125 Å². The van der Waals surface area contributed by atoms with Crippen LogP contribution in [-0.2, 0) is 29.0 Å². The fraction of sp³-hybridized carbons (Fsp3) is 0.447. The molecular weight excluding hydrogens is 584 g/mol. The third-order valence-corrected chi connectivity index (χ3v) is 8.61. The lowest BCUT2D eigenvalue weighted by Gasteiger charge is -2.18. The van der Waals surface area contributed by atoms with Crippen molar-refractivity contribution in [3.8, 4) is 17.2 Å². The van der Waals surface area contributed by atoms with Crippen molar-refractivity contribution in [2.24, 2.45) is 11.3 Å². The molecule has 2 atom stereocenters. The second-order valence-electron chi connectivity index (χ2n) is 12.9. The Bertz CT molecular complexity index is 1460. The van der Waals surface area contributed by atoms with Crippen molar-refractivity contribution in [2.75, 3.05) is 6.61 Å². The van der Waals surface area contributed by atoms with Gasteiger partial charge in [-0.1, -0.05) is 24.3 Å². The Morgan fingerprint density at radius 1 is 0.891 bits per heavy atom. The van der Waals surface area contributed by atoms with Crippen molar-refractivity contribution in [1.82, 2.24) is 0 Å². The molecule has 0 aromatic heterocycles. The Balaban J connectivity index is 1.21. The van der Waals surface area contributed by atoms with Crippen LogP contribution < -0.4 is 14.2 Å². The first-order valence-corrected chi connectivity index (χ1v) is 16.2. The van der Waals surface area contributed by atoms with Crippen molar-refractivity contribution in [2.45, 2.75) is 91.3 Å². The summed E-state index contributed by atoms with van der Waals surface area (Å²) < 4.78 is 17.7. The zero-order valence-corrected chi connectivity index (χ0v) is 27.1. The van der Waals surface area contributed by atoms with Crippen LogP contribution >= 0.6 is 0 Å². The Morgan fingerprint density at radius 2 is 1.59 bits per heavy atom. The molecule has 246 valence electrons. The van der Waals surface area contributed by atoms with Crippen LogP contribution in [0.2, 0.25) is 0 Å². The maximum Gasteiger partial charge on any atom is 0.335 e. The van der Waals surface area contributed by atoms with E-state index in [0.717, 1.165) is 48.3 Å². The van der Waals surface area contributed by atoms with Crippen molar-refractivity contribution in [1.29, 1.82) is 0 Å². The summed E-state index contributed by atoms with van der Waals surface area (Å²) in [5.41, 5.74) is 2.24. The van der Waals surface area contributed by atoms with Crippen LogP contribution in [0.25, 0.3) is 0 Å². The molecule has 0 heterocycles. The monoisotopic (exact) mass is 630 g/mol. The zero-order chi connectivity index (χ0) is 33.1. The van der Waals surface area contributed by atoms with E-state index in [1.807, 2.05) is 62.4 Å². The molecule has 0 aliphatic heterocycles. The molecule has 1 aliphatic carbocycles. The fourth-order valence-electron chi connectivity index (χ4n) is 6.00. The molecule has 2 N–H and O–H groups in total. The lowest BCUT2D eigenvalue weighted by atomic mass is 9.87. The van der Waals surface area contributed by atoms with Gasteiger partial charge < -0.3 is 24.4 Å². The predicted octanol–water partition coefficient (Wildman–Crippen LogP) is 7.94. The summed E-state index contributed by atoms with van der Waals surface area (Å²) in [5.74, 6) is 0.700. The number of rotatable bonds is 18. The minimum Gasteiger partial charge on any atom is -0.493 e. The molecule has 3 aromatic carbocycles. The maximum absolute atomic E-state index is 12.9. The largest absolute Gasteiger partial charge is 0.493 e. The van der Waals surface area contributed by atoms with Gasteiger partial charge in [0, 0.05) is 18.4 Å². The highest BCUT2D eigenvalue weighted by Crippen LogP contribution is 2.43. The first kappa shape index (κ1) is 34.5. The summed E-state index contributed by atoms with van der Waals surface area (Å²) >= 11 is 0. The lowest BCUT2D eigenvalue weighted by molar-refractivity contribution is -0.147. The summed E-state index contributed by atoms with van der Waals surface area (Å²) in [6.07, 6.45) is 5.86. The van der Waals surface area contributed by atoms with Gasteiger partial charge in [-0.15, -0.1) is 0 Å². The predicted molar refractivity (Wildman–Crippen MR) is 176 cm³/mol. The molecule has 1 saturated carbocycles. The van der Waals surface area contributed by atoms with Crippen LogP contribution in [0.15, 0.2) is 66.7 Å². The van der Waals surface area contributed by atoms with Crippen LogP contribution in [0.4, 0.5) is 0 Å². The van der Waals surface area contributed by atoms with Gasteiger partial charge in [0.15, 0.2) is 0 Å². The van der Waals surface area contributed by atoms with E-state index in [1.165, 1.54) is 12.1 Å². The van der Waals surface area contributed by atoms with Crippen LogP contribution in [0.1, 0.15) is 92.8 Å². The number of aromatic carboxylic acids is 1. The minimum atomic E-state index is -1.05. The number of carbonyl (C=O) groups excluding carboxylic acids is 1. The van der Waals surface area contributed by atoms with E-state index in [1.54, 1.807) is 13.0 Å². The molecule has 8 heteroatoms. The summed E-state index contributed by atoms with van der Waals surface area (Å²) in [6.45, 7) is 6.69. The fourth-order valence-corrected chi connectivity index (χ4v) is 6.00. The van der Waals surface area contributed by atoms with E-state index in [4.69, 9.17) is 14.2 Å². The van der Waals surface area contributed by atoms with Gasteiger partial charge >= 0.3 is 11.9 Å². The molecular formula is C38H46O8. The molecule has 0 saturated heterocycles. The Morgan fingerprint density at radius 3 is 2.24 bits per heavy atom. The Labute approximate surface area is 271 Å². The standard InChI is InChI=1S/C38H46O8/c1-26(2)46-34-16-11-29(12-17-34)25-45-33-14-9-27(10-15-33)7-5-21-44-35-18-13-30(36(40)41)22-31(35)23-32(39)8-4-6-28-19-20-38(3,24-28)37(42)43/h9-18,22,26,28H,4-8,19-21,23-25H2,1-3H3,(H,40,41)(H,42,43)/t28?,38-/m0/s1. The smallest absolute Gasteiger partial charge is 0.335 e. The van der Waals surface area contributed by atoms with E-state index in [2.05, 4.69) is 0 Å². The number of carbonyl (C=O) groups is 3. The average molecular weight is 631 g/mol. The average Bonchev–Trinajstić information content (AvgIpc) is 3.41. The molecule has 1 fully saturated rings. The third-order valence-electron chi connectivity index (χ3n) is 8.61. The van der Waals surface area contributed by atoms with Crippen molar-refractivity contribution >= 4 is 17.7 Å². The number of Topliss-reactive ketones (excluding diaryl/α,β-unsaturated/α-hetero) is 1. The number of hydrogen-bond acceptors (Lipinski definition) is 6. The summed E-state index contributed by atoms with van der Waals surface area (Å²) in [4.78, 5) is 36.0. The van der Waals surface area contributed by atoms with Crippen LogP contribution in [0, 0.1) is 11.3 Å². The van der Waals surface area contributed by atoms with Gasteiger partial charge in [0.05, 0.1) is 23.7 Å². The third kappa shape index (κ3) is 10.4. The number of carboxylic acids is 2. The number of aryl methyl sites for hydroxylation is 1. The summed E-state index contributed by atoms with van der Waals surface area (Å²) in [5, 5.41) is 18.9.